The Morgan fingerprint density at radius 1 is 1.40 bits per heavy atom. The highest BCUT2D eigenvalue weighted by Gasteiger charge is 2.22. The Hall–Kier alpha value is -2.76. The van der Waals surface area contributed by atoms with Crippen molar-refractivity contribution < 1.29 is 19.1 Å². The monoisotopic (exact) mass is 272 g/mol. The number of carbonyl (C=O) groups is 2. The average Bonchev–Trinajstić information content (AvgIpc) is 2.87. The van der Waals surface area contributed by atoms with E-state index in [1.165, 1.54) is 12.3 Å². The molecular weight excluding hydrogens is 260 g/mol. The summed E-state index contributed by atoms with van der Waals surface area (Å²) in [5.74, 6) is -0.627. The van der Waals surface area contributed by atoms with Crippen LogP contribution in [0.15, 0.2) is 41.0 Å². The van der Waals surface area contributed by atoms with Crippen molar-refractivity contribution in [3.8, 4) is 0 Å². The number of anilines is 2. The fourth-order valence-corrected chi connectivity index (χ4v) is 2.21. The van der Waals surface area contributed by atoms with Crippen LogP contribution in [0.4, 0.5) is 11.4 Å². The maximum Gasteiger partial charge on any atom is 0.338 e. The Bertz CT molecular complexity index is 677. The van der Waals surface area contributed by atoms with E-state index in [2.05, 4.69) is 5.32 Å². The summed E-state index contributed by atoms with van der Waals surface area (Å²) in [4.78, 5) is 24.3. The molecule has 2 aromatic rings. The lowest BCUT2D eigenvalue weighted by Crippen LogP contribution is -2.37. The van der Waals surface area contributed by atoms with E-state index in [1.807, 2.05) is 29.2 Å². The number of nitrogens with one attached hydrogen (secondary N) is 1. The summed E-state index contributed by atoms with van der Waals surface area (Å²) in [6.07, 6.45) is 1.20. The Labute approximate surface area is 114 Å². The van der Waals surface area contributed by atoms with Crippen molar-refractivity contribution in [2.45, 2.75) is 6.54 Å². The third-order valence-electron chi connectivity index (χ3n) is 3.10. The van der Waals surface area contributed by atoms with Crippen molar-refractivity contribution in [2.75, 3.05) is 16.8 Å². The maximum absolute atomic E-state index is 11.7. The van der Waals surface area contributed by atoms with Crippen molar-refractivity contribution in [3.05, 3.63) is 47.9 Å². The van der Waals surface area contributed by atoms with Crippen LogP contribution in [0, 0.1) is 0 Å². The lowest BCUT2D eigenvalue weighted by Gasteiger charge is -2.30. The highest BCUT2D eigenvalue weighted by Crippen LogP contribution is 2.30. The number of carbonyl (C=O) groups excluding carboxylic acids is 1. The fraction of sp³-hybridized carbons (Fsp3) is 0.143. The van der Waals surface area contributed by atoms with Gasteiger partial charge in [0.1, 0.15) is 12.0 Å². The number of hydrogen-bond acceptors (Lipinski definition) is 4. The number of hydrogen-bond donors (Lipinski definition) is 2. The van der Waals surface area contributed by atoms with Crippen molar-refractivity contribution in [2.24, 2.45) is 0 Å². The van der Waals surface area contributed by atoms with Crippen LogP contribution < -0.4 is 10.2 Å². The largest absolute Gasteiger partial charge is 0.478 e. The SMILES string of the molecule is O=C1CN(Cc2cc(C(=O)O)co2)c2ccccc2N1. The van der Waals surface area contributed by atoms with E-state index in [0.29, 0.717) is 12.3 Å². The molecule has 1 aromatic carbocycles. The van der Waals surface area contributed by atoms with Gasteiger partial charge in [-0.05, 0) is 18.2 Å². The molecule has 1 aromatic heterocycles. The van der Waals surface area contributed by atoms with Crippen LogP contribution in [-0.4, -0.2) is 23.5 Å². The quantitative estimate of drug-likeness (QED) is 0.892. The first-order chi connectivity index (χ1) is 9.63. The van der Waals surface area contributed by atoms with E-state index in [4.69, 9.17) is 9.52 Å². The van der Waals surface area contributed by atoms with E-state index < -0.39 is 5.97 Å². The van der Waals surface area contributed by atoms with Crippen LogP contribution in [0.3, 0.4) is 0 Å². The zero-order valence-corrected chi connectivity index (χ0v) is 10.5. The third-order valence-corrected chi connectivity index (χ3v) is 3.10. The molecule has 6 nitrogen and oxygen atoms in total. The molecule has 2 N–H and O–H groups in total. The molecule has 0 aliphatic carbocycles. The van der Waals surface area contributed by atoms with E-state index in [9.17, 15) is 9.59 Å². The standard InChI is InChI=1S/C14H12N2O4/c17-13-7-16(12-4-2-1-3-11(12)15-13)6-10-5-9(8-20-10)14(18)19/h1-5,8H,6-7H2,(H,15,17)(H,18,19). The average molecular weight is 272 g/mol. The van der Waals surface area contributed by atoms with Crippen LogP contribution in [0.5, 0.6) is 0 Å². The molecule has 0 atom stereocenters. The van der Waals surface area contributed by atoms with Gasteiger partial charge in [0.15, 0.2) is 0 Å². The minimum absolute atomic E-state index is 0.103. The van der Waals surface area contributed by atoms with E-state index in [1.54, 1.807) is 0 Å². The number of amides is 1. The first-order valence-corrected chi connectivity index (χ1v) is 6.08. The van der Waals surface area contributed by atoms with Crippen LogP contribution in [-0.2, 0) is 11.3 Å². The topological polar surface area (TPSA) is 82.8 Å². The Balaban J connectivity index is 1.86. The lowest BCUT2D eigenvalue weighted by molar-refractivity contribution is -0.115. The molecule has 20 heavy (non-hydrogen) atoms. The number of para-hydroxylation sites is 2. The second-order valence-corrected chi connectivity index (χ2v) is 4.53. The van der Waals surface area contributed by atoms with Gasteiger partial charge in [-0.25, -0.2) is 4.79 Å². The van der Waals surface area contributed by atoms with Gasteiger partial charge in [-0.2, -0.15) is 0 Å². The molecular formula is C14H12N2O4. The van der Waals surface area contributed by atoms with Crippen molar-refractivity contribution in [1.82, 2.24) is 0 Å². The van der Waals surface area contributed by atoms with Gasteiger partial charge in [-0.15, -0.1) is 0 Å². The van der Waals surface area contributed by atoms with Crippen LogP contribution in [0.2, 0.25) is 0 Å². The summed E-state index contributed by atoms with van der Waals surface area (Å²) in [7, 11) is 0. The van der Waals surface area contributed by atoms with Gasteiger partial charge in [0, 0.05) is 0 Å². The fourth-order valence-electron chi connectivity index (χ4n) is 2.21. The minimum Gasteiger partial charge on any atom is -0.478 e. The number of nitrogens with zero attached hydrogens (tertiary/aromatic N) is 1. The van der Waals surface area contributed by atoms with Crippen molar-refractivity contribution >= 4 is 23.3 Å². The molecule has 0 spiro atoms. The van der Waals surface area contributed by atoms with Gasteiger partial charge < -0.3 is 19.7 Å². The Morgan fingerprint density at radius 3 is 2.95 bits per heavy atom. The van der Waals surface area contributed by atoms with Crippen LogP contribution in [0.1, 0.15) is 16.1 Å². The molecule has 0 saturated heterocycles. The first kappa shape index (κ1) is 12.3. The minimum atomic E-state index is -1.03. The van der Waals surface area contributed by atoms with Gasteiger partial charge in [-0.1, -0.05) is 12.1 Å². The van der Waals surface area contributed by atoms with Crippen molar-refractivity contribution in [3.63, 3.8) is 0 Å². The molecule has 6 heteroatoms. The zero-order valence-electron chi connectivity index (χ0n) is 10.5. The molecule has 3 rings (SSSR count). The van der Waals surface area contributed by atoms with Crippen LogP contribution >= 0.6 is 0 Å². The van der Waals surface area contributed by atoms with Gasteiger partial charge in [0.25, 0.3) is 0 Å². The molecule has 2 heterocycles. The highest BCUT2D eigenvalue weighted by atomic mass is 16.4. The van der Waals surface area contributed by atoms with Gasteiger partial charge in [-0.3, -0.25) is 4.79 Å². The first-order valence-electron chi connectivity index (χ1n) is 6.08. The Kier molecular flexibility index (Phi) is 2.90. The van der Waals surface area contributed by atoms with Gasteiger partial charge >= 0.3 is 5.97 Å². The summed E-state index contributed by atoms with van der Waals surface area (Å²) >= 11 is 0. The normalized spacial score (nSPS) is 13.8. The molecule has 0 bridgehead atoms. The molecule has 1 aliphatic heterocycles. The number of furan rings is 1. The summed E-state index contributed by atoms with van der Waals surface area (Å²) in [6.45, 7) is 0.553. The number of carboxylic acid groups (broad SMARTS) is 1. The summed E-state index contributed by atoms with van der Waals surface area (Å²) in [5, 5.41) is 11.7. The predicted octanol–water partition coefficient (Wildman–Crippen LogP) is 1.94. The van der Waals surface area contributed by atoms with E-state index in [0.717, 1.165) is 11.4 Å². The van der Waals surface area contributed by atoms with E-state index in [-0.39, 0.29) is 18.0 Å². The molecule has 0 radical (unpaired) electrons. The number of benzene rings is 1. The molecule has 1 amide bonds. The lowest BCUT2D eigenvalue weighted by atomic mass is 10.2. The third kappa shape index (κ3) is 2.23. The van der Waals surface area contributed by atoms with Gasteiger partial charge in [0.05, 0.1) is 30.0 Å². The molecule has 0 fully saturated rings. The second-order valence-electron chi connectivity index (χ2n) is 4.53. The number of fused-ring (bicyclic) bond motifs is 1. The predicted molar refractivity (Wildman–Crippen MR) is 71.8 cm³/mol. The van der Waals surface area contributed by atoms with E-state index >= 15 is 0 Å². The maximum atomic E-state index is 11.7. The number of carboxylic acids is 1. The second kappa shape index (κ2) is 4.73. The smallest absolute Gasteiger partial charge is 0.338 e. The number of rotatable bonds is 3. The molecule has 0 saturated carbocycles. The molecule has 1 aliphatic rings. The number of aromatic carboxylic acids is 1. The zero-order chi connectivity index (χ0) is 14.1. The molecule has 102 valence electrons. The van der Waals surface area contributed by atoms with Gasteiger partial charge in [0.2, 0.25) is 5.91 Å². The van der Waals surface area contributed by atoms with Crippen LogP contribution in [0.25, 0.3) is 0 Å². The summed E-state index contributed by atoms with van der Waals surface area (Å²) in [5.41, 5.74) is 1.74. The highest BCUT2D eigenvalue weighted by molar-refractivity contribution is 6.01. The van der Waals surface area contributed by atoms with Crippen molar-refractivity contribution in [1.29, 1.82) is 0 Å². The summed E-state index contributed by atoms with van der Waals surface area (Å²) < 4.78 is 5.22. The molecule has 0 unspecified atom stereocenters. The summed E-state index contributed by atoms with van der Waals surface area (Å²) in [6, 6.07) is 8.92. The Morgan fingerprint density at radius 2 is 2.20 bits per heavy atom.